The number of rotatable bonds is 8. The number of amides is 2. The molecule has 2 N–H and O–H groups in total. The van der Waals surface area contributed by atoms with Gasteiger partial charge in [0.05, 0.1) is 11.7 Å². The van der Waals surface area contributed by atoms with Crippen molar-refractivity contribution in [1.29, 1.82) is 0 Å². The molecule has 0 saturated carbocycles. The first-order valence-corrected chi connectivity index (χ1v) is 8.34. The number of carbonyl (C=O) groups is 2. The minimum atomic E-state index is -0.433. The maximum Gasteiger partial charge on any atom is 0.257 e. The van der Waals surface area contributed by atoms with E-state index in [0.29, 0.717) is 17.9 Å². The second kappa shape index (κ2) is 8.87. The van der Waals surface area contributed by atoms with Crippen molar-refractivity contribution in [2.24, 2.45) is 5.73 Å². The maximum absolute atomic E-state index is 13.1. The SMILES string of the molecule is CC(C)Oc1ccccc1C(=O)N(CCC(N)=O)Cc1ccccc1. The van der Waals surface area contributed by atoms with Gasteiger partial charge < -0.3 is 15.4 Å². The molecule has 0 heterocycles. The Balaban J connectivity index is 2.26. The average molecular weight is 340 g/mol. The van der Waals surface area contributed by atoms with Crippen LogP contribution in [0.15, 0.2) is 54.6 Å². The minimum absolute atomic E-state index is 0.0397. The van der Waals surface area contributed by atoms with Gasteiger partial charge >= 0.3 is 0 Å². The lowest BCUT2D eigenvalue weighted by Crippen LogP contribution is -2.34. The second-order valence-electron chi connectivity index (χ2n) is 6.09. The van der Waals surface area contributed by atoms with Crippen molar-refractivity contribution in [3.63, 3.8) is 0 Å². The summed E-state index contributed by atoms with van der Waals surface area (Å²) in [4.78, 5) is 25.9. The topological polar surface area (TPSA) is 72.6 Å². The summed E-state index contributed by atoms with van der Waals surface area (Å²) >= 11 is 0. The first kappa shape index (κ1) is 18.5. The highest BCUT2D eigenvalue weighted by atomic mass is 16.5. The largest absolute Gasteiger partial charge is 0.490 e. The standard InChI is InChI=1S/C20H24N2O3/c1-15(2)25-18-11-7-6-10-17(18)20(24)22(13-12-19(21)23)14-16-8-4-3-5-9-16/h3-11,15H,12-14H2,1-2H3,(H2,21,23). The van der Waals surface area contributed by atoms with Crippen molar-refractivity contribution in [3.8, 4) is 5.75 Å². The lowest BCUT2D eigenvalue weighted by atomic mass is 10.1. The summed E-state index contributed by atoms with van der Waals surface area (Å²) < 4.78 is 5.75. The number of hydrogen-bond acceptors (Lipinski definition) is 3. The highest BCUT2D eigenvalue weighted by Crippen LogP contribution is 2.22. The summed E-state index contributed by atoms with van der Waals surface area (Å²) in [6.45, 7) is 4.49. The van der Waals surface area contributed by atoms with Gasteiger partial charge in [-0.15, -0.1) is 0 Å². The van der Waals surface area contributed by atoms with Crippen LogP contribution in [0, 0.1) is 0 Å². The Morgan fingerprint density at radius 3 is 2.32 bits per heavy atom. The molecular weight excluding hydrogens is 316 g/mol. The zero-order valence-electron chi connectivity index (χ0n) is 14.6. The molecule has 5 heteroatoms. The average Bonchev–Trinajstić information content (AvgIpc) is 2.58. The van der Waals surface area contributed by atoms with Crippen LogP contribution in [0.3, 0.4) is 0 Å². The molecule has 2 rings (SSSR count). The van der Waals surface area contributed by atoms with Crippen molar-refractivity contribution in [1.82, 2.24) is 4.90 Å². The smallest absolute Gasteiger partial charge is 0.257 e. The van der Waals surface area contributed by atoms with Gasteiger partial charge in [-0.3, -0.25) is 9.59 Å². The van der Waals surface area contributed by atoms with Crippen molar-refractivity contribution in [3.05, 3.63) is 65.7 Å². The molecule has 2 aromatic rings. The van der Waals surface area contributed by atoms with E-state index in [4.69, 9.17) is 10.5 Å². The maximum atomic E-state index is 13.1. The molecule has 0 aromatic heterocycles. The number of hydrogen-bond donors (Lipinski definition) is 1. The number of para-hydroxylation sites is 1. The van der Waals surface area contributed by atoms with Crippen LogP contribution in [-0.2, 0) is 11.3 Å². The zero-order chi connectivity index (χ0) is 18.2. The number of nitrogens with zero attached hydrogens (tertiary/aromatic N) is 1. The molecule has 0 spiro atoms. The van der Waals surface area contributed by atoms with E-state index < -0.39 is 5.91 Å². The van der Waals surface area contributed by atoms with Gasteiger partial charge in [-0.25, -0.2) is 0 Å². The van der Waals surface area contributed by atoms with Crippen molar-refractivity contribution < 1.29 is 14.3 Å². The Morgan fingerprint density at radius 2 is 1.68 bits per heavy atom. The van der Waals surface area contributed by atoms with Crippen molar-refractivity contribution in [2.75, 3.05) is 6.54 Å². The first-order valence-electron chi connectivity index (χ1n) is 8.34. The second-order valence-corrected chi connectivity index (χ2v) is 6.09. The third-order valence-corrected chi connectivity index (χ3v) is 3.61. The van der Waals surface area contributed by atoms with Gasteiger partial charge in [-0.05, 0) is 31.5 Å². The molecule has 2 aromatic carbocycles. The quantitative estimate of drug-likeness (QED) is 0.803. The van der Waals surface area contributed by atoms with E-state index in [2.05, 4.69) is 0 Å². The highest BCUT2D eigenvalue weighted by molar-refractivity contribution is 5.97. The molecule has 0 atom stereocenters. The molecule has 0 bridgehead atoms. The number of ether oxygens (including phenoxy) is 1. The predicted molar refractivity (Wildman–Crippen MR) is 97.2 cm³/mol. The summed E-state index contributed by atoms with van der Waals surface area (Å²) in [5.74, 6) is -0.0708. The Morgan fingerprint density at radius 1 is 1.04 bits per heavy atom. The minimum Gasteiger partial charge on any atom is -0.490 e. The predicted octanol–water partition coefficient (Wildman–Crippen LogP) is 2.99. The van der Waals surface area contributed by atoms with Crippen LogP contribution in [0.2, 0.25) is 0 Å². The number of benzene rings is 2. The molecule has 132 valence electrons. The van der Waals surface area contributed by atoms with E-state index in [0.717, 1.165) is 5.56 Å². The van der Waals surface area contributed by atoms with Crippen LogP contribution < -0.4 is 10.5 Å². The van der Waals surface area contributed by atoms with Crippen LogP contribution in [0.4, 0.5) is 0 Å². The third-order valence-electron chi connectivity index (χ3n) is 3.61. The lowest BCUT2D eigenvalue weighted by molar-refractivity contribution is -0.118. The van der Waals surface area contributed by atoms with Gasteiger partial charge in [0.25, 0.3) is 5.91 Å². The van der Waals surface area contributed by atoms with Gasteiger partial charge in [0.15, 0.2) is 0 Å². The molecule has 0 radical (unpaired) electrons. The molecular formula is C20H24N2O3. The van der Waals surface area contributed by atoms with Crippen molar-refractivity contribution >= 4 is 11.8 Å². The molecule has 25 heavy (non-hydrogen) atoms. The van der Waals surface area contributed by atoms with Gasteiger partial charge in [-0.2, -0.15) is 0 Å². The molecule has 2 amide bonds. The summed E-state index contributed by atoms with van der Waals surface area (Å²) in [5, 5.41) is 0. The molecule has 0 fully saturated rings. The van der Waals surface area contributed by atoms with Crippen LogP contribution in [0.1, 0.15) is 36.2 Å². The fraction of sp³-hybridized carbons (Fsp3) is 0.300. The van der Waals surface area contributed by atoms with E-state index >= 15 is 0 Å². The van der Waals surface area contributed by atoms with E-state index in [1.54, 1.807) is 23.1 Å². The van der Waals surface area contributed by atoms with Crippen LogP contribution in [0.5, 0.6) is 5.75 Å². The van der Waals surface area contributed by atoms with Gasteiger partial charge in [0.2, 0.25) is 5.91 Å². The molecule has 5 nitrogen and oxygen atoms in total. The summed E-state index contributed by atoms with van der Waals surface area (Å²) in [7, 11) is 0. The lowest BCUT2D eigenvalue weighted by Gasteiger charge is -2.24. The molecule has 0 unspecified atom stereocenters. The summed E-state index contributed by atoms with van der Waals surface area (Å²) in [6.07, 6.45) is 0.0772. The number of primary amides is 1. The van der Waals surface area contributed by atoms with Gasteiger partial charge in [-0.1, -0.05) is 42.5 Å². The summed E-state index contributed by atoms with van der Waals surface area (Å²) in [5.41, 5.74) is 6.74. The Hall–Kier alpha value is -2.82. The highest BCUT2D eigenvalue weighted by Gasteiger charge is 2.20. The zero-order valence-corrected chi connectivity index (χ0v) is 14.6. The fourth-order valence-electron chi connectivity index (χ4n) is 2.47. The molecule has 0 aliphatic rings. The Bertz CT molecular complexity index is 714. The summed E-state index contributed by atoms with van der Waals surface area (Å²) in [6, 6.07) is 16.8. The van der Waals surface area contributed by atoms with E-state index in [9.17, 15) is 9.59 Å². The molecule has 0 aliphatic carbocycles. The van der Waals surface area contributed by atoms with Gasteiger partial charge in [0, 0.05) is 19.5 Å². The van der Waals surface area contributed by atoms with Crippen LogP contribution in [-0.4, -0.2) is 29.4 Å². The molecule has 0 aliphatic heterocycles. The monoisotopic (exact) mass is 340 g/mol. The van der Waals surface area contributed by atoms with Crippen LogP contribution in [0.25, 0.3) is 0 Å². The van der Waals surface area contributed by atoms with Gasteiger partial charge in [0.1, 0.15) is 5.75 Å². The number of nitrogens with two attached hydrogens (primary N) is 1. The normalized spacial score (nSPS) is 10.5. The fourth-order valence-corrected chi connectivity index (χ4v) is 2.47. The Kier molecular flexibility index (Phi) is 6.57. The van der Waals surface area contributed by atoms with E-state index in [1.807, 2.05) is 50.2 Å². The van der Waals surface area contributed by atoms with E-state index in [1.165, 1.54) is 0 Å². The molecule has 0 saturated heterocycles. The van der Waals surface area contributed by atoms with Crippen molar-refractivity contribution in [2.45, 2.75) is 32.9 Å². The number of carbonyl (C=O) groups excluding carboxylic acids is 2. The Labute approximate surface area is 148 Å². The van der Waals surface area contributed by atoms with Crippen LogP contribution >= 0.6 is 0 Å². The third kappa shape index (κ3) is 5.64. The first-order chi connectivity index (χ1) is 12.0. The van der Waals surface area contributed by atoms with E-state index in [-0.39, 0.29) is 25.0 Å².